The van der Waals surface area contributed by atoms with Crippen molar-refractivity contribution in [1.82, 2.24) is 9.13 Å². The lowest BCUT2D eigenvalue weighted by molar-refractivity contribution is 0.669. The second-order valence-electron chi connectivity index (χ2n) is 12.4. The van der Waals surface area contributed by atoms with Gasteiger partial charge in [-0.15, -0.1) is 0 Å². The highest BCUT2D eigenvalue weighted by atomic mass is 16.3. The summed E-state index contributed by atoms with van der Waals surface area (Å²) in [6.07, 6.45) is 0. The topological polar surface area (TPSA) is 70.6 Å². The minimum absolute atomic E-state index is 0.339. The highest BCUT2D eigenvalue weighted by Gasteiger charge is 2.20. The third-order valence-electron chi connectivity index (χ3n) is 9.78. The molecular weight excluding hydrogens is 601 g/mol. The number of aromatic nitrogens is 2. The molecule has 0 aliphatic rings. The second kappa shape index (κ2) is 10.2. The van der Waals surface area contributed by atoms with Crippen molar-refractivity contribution in [2.24, 2.45) is 0 Å². The summed E-state index contributed by atoms with van der Waals surface area (Å²) in [7, 11) is 0. The Morgan fingerprint density at radius 3 is 1.71 bits per heavy atom. The van der Waals surface area contributed by atoms with Crippen molar-refractivity contribution in [3.05, 3.63) is 157 Å². The number of fused-ring (bicyclic) bond motifs is 9. The molecule has 0 radical (unpaired) electrons. The van der Waals surface area contributed by atoms with E-state index in [4.69, 9.17) is 4.42 Å². The molecule has 3 aromatic heterocycles. The first-order valence-corrected chi connectivity index (χ1v) is 16.1. The Kier molecular flexibility index (Phi) is 5.64. The Morgan fingerprint density at radius 2 is 1.04 bits per heavy atom. The van der Waals surface area contributed by atoms with Crippen LogP contribution in [0.5, 0.6) is 0 Å². The molecule has 0 aliphatic carbocycles. The summed E-state index contributed by atoms with van der Waals surface area (Å²) in [4.78, 5) is 0. The van der Waals surface area contributed by atoms with Crippen LogP contribution in [0.25, 0.3) is 88.1 Å². The molecule has 5 nitrogen and oxygen atoms in total. The predicted molar refractivity (Wildman–Crippen MR) is 197 cm³/mol. The van der Waals surface area contributed by atoms with E-state index < -0.39 is 0 Å². The van der Waals surface area contributed by atoms with Crippen LogP contribution in [0.3, 0.4) is 0 Å². The van der Waals surface area contributed by atoms with Crippen LogP contribution in [0.4, 0.5) is 0 Å². The molecule has 10 aromatic rings. The van der Waals surface area contributed by atoms with E-state index in [2.05, 4.69) is 100 Å². The maximum Gasteiger partial charge on any atom is 0.137 e. The van der Waals surface area contributed by atoms with Gasteiger partial charge >= 0.3 is 0 Å². The number of benzene rings is 7. The molecule has 0 atom stereocenters. The molecule has 0 saturated carbocycles. The third kappa shape index (κ3) is 3.85. The van der Waals surface area contributed by atoms with Gasteiger partial charge in [-0.05, 0) is 60.2 Å². The Labute approximate surface area is 280 Å². The molecule has 226 valence electrons. The van der Waals surface area contributed by atoms with Gasteiger partial charge in [-0.3, -0.25) is 0 Å². The van der Waals surface area contributed by atoms with Crippen LogP contribution in [0.2, 0.25) is 0 Å². The van der Waals surface area contributed by atoms with Gasteiger partial charge in [0.2, 0.25) is 0 Å². The fourth-order valence-corrected chi connectivity index (χ4v) is 7.67. The number of hydrogen-bond acceptors (Lipinski definition) is 3. The molecule has 0 bridgehead atoms. The van der Waals surface area contributed by atoms with E-state index in [9.17, 15) is 10.5 Å². The number of rotatable bonds is 3. The maximum atomic E-state index is 10.4. The summed E-state index contributed by atoms with van der Waals surface area (Å²) in [5.41, 5.74) is 9.92. The molecule has 0 saturated heterocycles. The lowest BCUT2D eigenvalue weighted by Crippen LogP contribution is -2.00. The van der Waals surface area contributed by atoms with Gasteiger partial charge in [-0.1, -0.05) is 84.9 Å². The highest BCUT2D eigenvalue weighted by Crippen LogP contribution is 2.40. The summed E-state index contributed by atoms with van der Waals surface area (Å²) >= 11 is 0. The quantitative estimate of drug-likeness (QED) is 0.196. The zero-order valence-corrected chi connectivity index (χ0v) is 26.1. The molecule has 49 heavy (non-hydrogen) atoms. The Morgan fingerprint density at radius 1 is 0.429 bits per heavy atom. The summed E-state index contributed by atoms with van der Waals surface area (Å²) in [6.45, 7) is 0. The minimum Gasteiger partial charge on any atom is -0.456 e. The highest BCUT2D eigenvalue weighted by molar-refractivity contribution is 6.17. The number of nitriles is 2. The summed E-state index contributed by atoms with van der Waals surface area (Å²) < 4.78 is 10.8. The number of para-hydroxylation sites is 4. The minimum atomic E-state index is 0.339. The average molecular weight is 625 g/mol. The van der Waals surface area contributed by atoms with Crippen LogP contribution in [-0.4, -0.2) is 9.13 Å². The Bertz CT molecular complexity index is 3030. The molecule has 10 rings (SSSR count). The van der Waals surface area contributed by atoms with E-state index in [0.717, 1.165) is 82.5 Å². The van der Waals surface area contributed by atoms with Gasteiger partial charge < -0.3 is 13.6 Å². The molecule has 3 heterocycles. The molecule has 0 spiro atoms. The van der Waals surface area contributed by atoms with E-state index in [0.29, 0.717) is 16.7 Å². The standard InChI is InChI=1S/C44H24N4O/c45-25-28-21-30(48-39-16-5-1-12-31(39)32-13-2-6-17-40(32)48)22-35(38(28)26-46)27-10-9-11-29(20-27)47-41-18-7-3-14-33(41)36-23-37-34-15-4-8-19-43(34)49-44(37)24-42(36)47/h1-24H. The van der Waals surface area contributed by atoms with Gasteiger partial charge in [0, 0.05) is 55.3 Å². The largest absolute Gasteiger partial charge is 0.456 e. The van der Waals surface area contributed by atoms with Gasteiger partial charge in [-0.25, -0.2) is 0 Å². The predicted octanol–water partition coefficient (Wildman–Crippen LogP) is 11.2. The molecule has 0 unspecified atom stereocenters. The number of nitrogens with zero attached hydrogens (tertiary/aromatic N) is 4. The first kappa shape index (κ1) is 27.1. The van der Waals surface area contributed by atoms with Crippen molar-refractivity contribution in [2.45, 2.75) is 0 Å². The van der Waals surface area contributed by atoms with Crippen LogP contribution >= 0.6 is 0 Å². The SMILES string of the molecule is N#Cc1cc(-n2c3ccccc3c3ccccc32)cc(-c2cccc(-n3c4ccccc4c4cc5c(cc43)oc3ccccc35)c2)c1C#N. The summed E-state index contributed by atoms with van der Waals surface area (Å²) in [5.74, 6) is 0. The first-order chi connectivity index (χ1) is 24.2. The van der Waals surface area contributed by atoms with Crippen molar-refractivity contribution in [3.8, 4) is 34.6 Å². The Hall–Kier alpha value is -7.08. The van der Waals surface area contributed by atoms with Crippen LogP contribution < -0.4 is 0 Å². The molecule has 0 N–H and O–H groups in total. The van der Waals surface area contributed by atoms with E-state index >= 15 is 0 Å². The monoisotopic (exact) mass is 624 g/mol. The van der Waals surface area contributed by atoms with E-state index in [1.165, 1.54) is 0 Å². The fraction of sp³-hybridized carbons (Fsp3) is 0. The Balaban J connectivity index is 1.23. The van der Waals surface area contributed by atoms with Gasteiger partial charge in [0.05, 0.1) is 33.2 Å². The van der Waals surface area contributed by atoms with Crippen LogP contribution in [-0.2, 0) is 0 Å². The van der Waals surface area contributed by atoms with Crippen LogP contribution in [0.15, 0.2) is 150 Å². The fourth-order valence-electron chi connectivity index (χ4n) is 7.67. The molecule has 0 fully saturated rings. The normalized spacial score (nSPS) is 11.6. The van der Waals surface area contributed by atoms with E-state index in [-0.39, 0.29) is 0 Å². The third-order valence-corrected chi connectivity index (χ3v) is 9.78. The van der Waals surface area contributed by atoms with Crippen LogP contribution in [0, 0.1) is 22.7 Å². The number of hydrogen-bond donors (Lipinski definition) is 0. The van der Waals surface area contributed by atoms with Crippen molar-refractivity contribution >= 4 is 65.6 Å². The average Bonchev–Trinajstić information content (AvgIpc) is 3.80. The van der Waals surface area contributed by atoms with Crippen LogP contribution in [0.1, 0.15) is 11.1 Å². The lowest BCUT2D eigenvalue weighted by Gasteiger charge is -2.15. The summed E-state index contributed by atoms with van der Waals surface area (Å²) in [5, 5.41) is 27.5. The zero-order valence-electron chi connectivity index (χ0n) is 26.1. The zero-order chi connectivity index (χ0) is 32.6. The van der Waals surface area contributed by atoms with Gasteiger partial charge in [0.25, 0.3) is 0 Å². The molecular formula is C44H24N4O. The first-order valence-electron chi connectivity index (χ1n) is 16.1. The second-order valence-corrected chi connectivity index (χ2v) is 12.4. The van der Waals surface area contributed by atoms with E-state index in [1.807, 2.05) is 66.7 Å². The number of furan rings is 1. The summed E-state index contributed by atoms with van der Waals surface area (Å²) in [6, 6.07) is 54.3. The van der Waals surface area contributed by atoms with Crippen molar-refractivity contribution in [2.75, 3.05) is 0 Å². The molecule has 0 amide bonds. The molecule has 7 aromatic carbocycles. The molecule has 5 heteroatoms. The van der Waals surface area contributed by atoms with Crippen molar-refractivity contribution in [3.63, 3.8) is 0 Å². The van der Waals surface area contributed by atoms with Gasteiger partial charge in [-0.2, -0.15) is 10.5 Å². The smallest absolute Gasteiger partial charge is 0.137 e. The van der Waals surface area contributed by atoms with Gasteiger partial charge in [0.15, 0.2) is 0 Å². The maximum absolute atomic E-state index is 10.4. The molecule has 0 aliphatic heterocycles. The van der Waals surface area contributed by atoms with Crippen molar-refractivity contribution < 1.29 is 4.42 Å². The lowest BCUT2D eigenvalue weighted by atomic mass is 9.95. The van der Waals surface area contributed by atoms with E-state index in [1.54, 1.807) is 0 Å². The van der Waals surface area contributed by atoms with Gasteiger partial charge in [0.1, 0.15) is 23.3 Å². The van der Waals surface area contributed by atoms with Crippen molar-refractivity contribution in [1.29, 1.82) is 10.5 Å².